The average molecular weight is 350 g/mol. The number of hydrogen-bond acceptors (Lipinski definition) is 4. The molecule has 4 nitrogen and oxygen atoms in total. The fraction of sp³-hybridized carbons (Fsp3) is 0.273. The highest BCUT2D eigenvalue weighted by molar-refractivity contribution is 6.13. The van der Waals surface area contributed by atoms with Gasteiger partial charge < -0.3 is 9.47 Å². The van der Waals surface area contributed by atoms with Gasteiger partial charge in [0.1, 0.15) is 11.5 Å². The molecule has 0 saturated carbocycles. The second-order valence-corrected chi connectivity index (χ2v) is 6.41. The number of esters is 2. The van der Waals surface area contributed by atoms with Crippen LogP contribution in [0.4, 0.5) is 0 Å². The van der Waals surface area contributed by atoms with Crippen LogP contribution < -0.4 is 9.47 Å². The van der Waals surface area contributed by atoms with E-state index in [0.29, 0.717) is 11.5 Å². The molecule has 0 unspecified atom stereocenters. The summed E-state index contributed by atoms with van der Waals surface area (Å²) in [6.07, 6.45) is 0.570. The minimum Gasteiger partial charge on any atom is -0.425 e. The summed E-state index contributed by atoms with van der Waals surface area (Å²) in [5.74, 6) is 0.435. The van der Waals surface area contributed by atoms with Crippen molar-refractivity contribution >= 4 is 33.5 Å². The summed E-state index contributed by atoms with van der Waals surface area (Å²) in [6, 6.07) is 11.6. The van der Waals surface area contributed by atoms with Crippen LogP contribution in [0.15, 0.2) is 36.4 Å². The number of fused-ring (bicyclic) bond motifs is 2. The predicted molar refractivity (Wildman–Crippen MR) is 103 cm³/mol. The van der Waals surface area contributed by atoms with Gasteiger partial charge in [0.05, 0.1) is 0 Å². The van der Waals surface area contributed by atoms with Crippen molar-refractivity contribution in [3.8, 4) is 11.5 Å². The number of carbonyl (C=O) groups is 2. The zero-order valence-electron chi connectivity index (χ0n) is 15.5. The summed E-state index contributed by atoms with van der Waals surface area (Å²) >= 11 is 0. The normalized spacial score (nSPS) is 10.9. The Morgan fingerprint density at radius 3 is 1.46 bits per heavy atom. The quantitative estimate of drug-likeness (QED) is 0.367. The monoisotopic (exact) mass is 350 g/mol. The third-order valence-corrected chi connectivity index (χ3v) is 4.34. The molecular formula is C22H22O4. The van der Waals surface area contributed by atoms with Gasteiger partial charge >= 0.3 is 11.9 Å². The zero-order chi connectivity index (χ0) is 18.8. The largest absolute Gasteiger partial charge is 0.425 e. The first-order valence-corrected chi connectivity index (χ1v) is 8.82. The van der Waals surface area contributed by atoms with Crippen LogP contribution in [0.2, 0.25) is 0 Å². The van der Waals surface area contributed by atoms with Crippen molar-refractivity contribution in [2.75, 3.05) is 0 Å². The minimum atomic E-state index is -0.299. The van der Waals surface area contributed by atoms with E-state index >= 15 is 0 Å². The van der Waals surface area contributed by atoms with Crippen LogP contribution in [0.1, 0.15) is 37.8 Å². The van der Waals surface area contributed by atoms with Gasteiger partial charge in [-0.25, -0.2) is 0 Å². The molecule has 4 heteroatoms. The number of aryl methyl sites for hydroxylation is 2. The predicted octanol–water partition coefficient (Wildman–Crippen LogP) is 5.24. The van der Waals surface area contributed by atoms with Crippen molar-refractivity contribution in [3.05, 3.63) is 47.5 Å². The average Bonchev–Trinajstić information content (AvgIpc) is 2.63. The maximum Gasteiger partial charge on any atom is 0.310 e. The van der Waals surface area contributed by atoms with E-state index in [9.17, 15) is 9.59 Å². The lowest BCUT2D eigenvalue weighted by Crippen LogP contribution is -2.09. The lowest BCUT2D eigenvalue weighted by molar-refractivity contribution is -0.134. The Labute approximate surface area is 152 Å². The molecule has 0 aromatic heterocycles. The SMILES string of the molecule is CCC(=O)Oc1c2ccc(C)cc2c(OC(=O)CC)c2cc(C)ccc12. The molecule has 3 rings (SSSR count). The first-order valence-electron chi connectivity index (χ1n) is 8.82. The standard InChI is InChI=1S/C22H22O4/c1-5-19(23)25-21-15-9-7-13(3)11-17(15)22(26-20(24)6-2)18-12-14(4)8-10-16(18)21/h7-12H,5-6H2,1-4H3. The highest BCUT2D eigenvalue weighted by atomic mass is 16.5. The smallest absolute Gasteiger partial charge is 0.310 e. The van der Waals surface area contributed by atoms with Gasteiger partial charge in [0.2, 0.25) is 0 Å². The van der Waals surface area contributed by atoms with E-state index in [-0.39, 0.29) is 24.8 Å². The Morgan fingerprint density at radius 2 is 1.08 bits per heavy atom. The number of hydrogen-bond donors (Lipinski definition) is 0. The number of ether oxygens (including phenoxy) is 2. The molecule has 0 amide bonds. The second-order valence-electron chi connectivity index (χ2n) is 6.41. The van der Waals surface area contributed by atoms with Gasteiger partial charge in [-0.2, -0.15) is 0 Å². The van der Waals surface area contributed by atoms with Crippen LogP contribution >= 0.6 is 0 Å². The fourth-order valence-corrected chi connectivity index (χ4v) is 2.97. The van der Waals surface area contributed by atoms with Gasteiger partial charge in [-0.1, -0.05) is 49.2 Å². The zero-order valence-corrected chi connectivity index (χ0v) is 15.5. The van der Waals surface area contributed by atoms with Crippen LogP contribution in [0.5, 0.6) is 11.5 Å². The van der Waals surface area contributed by atoms with E-state index in [1.807, 2.05) is 50.2 Å². The van der Waals surface area contributed by atoms with E-state index in [1.54, 1.807) is 13.8 Å². The van der Waals surface area contributed by atoms with Crippen LogP contribution in [0.3, 0.4) is 0 Å². The third kappa shape index (κ3) is 3.27. The number of rotatable bonds is 4. The van der Waals surface area contributed by atoms with Crippen molar-refractivity contribution < 1.29 is 19.1 Å². The second kappa shape index (κ2) is 7.16. The Kier molecular flexibility index (Phi) is 4.94. The summed E-state index contributed by atoms with van der Waals surface area (Å²) < 4.78 is 11.4. The van der Waals surface area contributed by atoms with Crippen molar-refractivity contribution in [3.63, 3.8) is 0 Å². The minimum absolute atomic E-state index is 0.285. The molecule has 0 aliphatic heterocycles. The third-order valence-electron chi connectivity index (χ3n) is 4.34. The Balaban J connectivity index is 2.44. The molecule has 0 radical (unpaired) electrons. The lowest BCUT2D eigenvalue weighted by atomic mass is 9.97. The van der Waals surface area contributed by atoms with Gasteiger partial charge in [-0.3, -0.25) is 9.59 Å². The van der Waals surface area contributed by atoms with Gasteiger partial charge in [0.15, 0.2) is 0 Å². The van der Waals surface area contributed by atoms with Crippen LogP contribution in [-0.4, -0.2) is 11.9 Å². The first kappa shape index (κ1) is 17.9. The molecule has 0 saturated heterocycles. The van der Waals surface area contributed by atoms with E-state index in [2.05, 4.69) is 0 Å². The topological polar surface area (TPSA) is 52.6 Å². The summed E-state index contributed by atoms with van der Waals surface area (Å²) in [5, 5.41) is 3.05. The Morgan fingerprint density at radius 1 is 0.692 bits per heavy atom. The molecule has 0 heterocycles. The van der Waals surface area contributed by atoms with Gasteiger partial charge in [0, 0.05) is 34.4 Å². The molecule has 3 aromatic rings. The van der Waals surface area contributed by atoms with Crippen molar-refractivity contribution in [1.29, 1.82) is 0 Å². The molecule has 3 aromatic carbocycles. The van der Waals surface area contributed by atoms with Gasteiger partial charge in [-0.05, 0) is 26.0 Å². The van der Waals surface area contributed by atoms with E-state index < -0.39 is 0 Å². The molecule has 0 fully saturated rings. The van der Waals surface area contributed by atoms with Gasteiger partial charge in [0.25, 0.3) is 0 Å². The molecule has 26 heavy (non-hydrogen) atoms. The summed E-state index contributed by atoms with van der Waals surface area (Å²) in [5.41, 5.74) is 2.07. The van der Waals surface area contributed by atoms with Crippen molar-refractivity contribution in [2.24, 2.45) is 0 Å². The van der Waals surface area contributed by atoms with Crippen LogP contribution in [0.25, 0.3) is 21.5 Å². The highest BCUT2D eigenvalue weighted by Crippen LogP contribution is 2.43. The van der Waals surface area contributed by atoms with Crippen molar-refractivity contribution in [2.45, 2.75) is 40.5 Å². The van der Waals surface area contributed by atoms with Crippen LogP contribution in [-0.2, 0) is 9.59 Å². The first-order chi connectivity index (χ1) is 12.4. The highest BCUT2D eigenvalue weighted by Gasteiger charge is 2.19. The van der Waals surface area contributed by atoms with E-state index in [4.69, 9.17) is 9.47 Å². The van der Waals surface area contributed by atoms with Crippen molar-refractivity contribution in [1.82, 2.24) is 0 Å². The summed E-state index contributed by atoms with van der Waals surface area (Å²) in [7, 11) is 0. The van der Waals surface area contributed by atoms with Crippen LogP contribution in [0, 0.1) is 13.8 Å². The Hall–Kier alpha value is -2.88. The van der Waals surface area contributed by atoms with E-state index in [1.165, 1.54) is 0 Å². The number of carbonyl (C=O) groups excluding carboxylic acids is 2. The maximum absolute atomic E-state index is 12.0. The molecular weight excluding hydrogens is 328 g/mol. The molecule has 0 aliphatic rings. The molecule has 0 aliphatic carbocycles. The maximum atomic E-state index is 12.0. The molecule has 0 N–H and O–H groups in total. The summed E-state index contributed by atoms with van der Waals surface area (Å²) in [6.45, 7) is 7.48. The van der Waals surface area contributed by atoms with Gasteiger partial charge in [-0.15, -0.1) is 0 Å². The Bertz CT molecular complexity index is 955. The summed E-state index contributed by atoms with van der Waals surface area (Å²) in [4.78, 5) is 24.0. The molecule has 0 spiro atoms. The fourth-order valence-electron chi connectivity index (χ4n) is 2.97. The molecule has 0 bridgehead atoms. The molecule has 0 atom stereocenters. The molecule has 134 valence electrons. The lowest BCUT2D eigenvalue weighted by Gasteiger charge is -2.17. The number of benzene rings is 3. The van der Waals surface area contributed by atoms with E-state index in [0.717, 1.165) is 32.7 Å².